The highest BCUT2D eigenvalue weighted by Gasteiger charge is 2.27. The Hall–Kier alpha value is -0.940. The Morgan fingerprint density at radius 2 is 2.00 bits per heavy atom. The topological polar surface area (TPSA) is 32.3 Å². The highest BCUT2D eigenvalue weighted by Crippen LogP contribution is 2.24. The smallest absolute Gasteiger partial charge is 0.256 e. The van der Waals surface area contributed by atoms with E-state index in [0.717, 1.165) is 25.7 Å². The van der Waals surface area contributed by atoms with Crippen molar-refractivity contribution in [2.75, 3.05) is 14.1 Å². The Morgan fingerprint density at radius 3 is 2.55 bits per heavy atom. The summed E-state index contributed by atoms with van der Waals surface area (Å²) in [5, 5.41) is 3.27. The second-order valence-corrected chi connectivity index (χ2v) is 6.25. The molecule has 0 heterocycles. The monoisotopic (exact) mass is 342 g/mol. The lowest BCUT2D eigenvalue weighted by Crippen LogP contribution is -2.42. The quantitative estimate of drug-likeness (QED) is 0.914. The summed E-state index contributed by atoms with van der Waals surface area (Å²) in [5.41, 5.74) is 0.145. The van der Waals surface area contributed by atoms with Gasteiger partial charge >= 0.3 is 0 Å². The number of amides is 1. The summed E-state index contributed by atoms with van der Waals surface area (Å²) in [6.45, 7) is 0. The zero-order valence-corrected chi connectivity index (χ0v) is 13.4. The van der Waals surface area contributed by atoms with Crippen LogP contribution in [0.25, 0.3) is 0 Å². The third kappa shape index (κ3) is 3.38. The molecule has 110 valence electrons. The van der Waals surface area contributed by atoms with Gasteiger partial charge in [0.1, 0.15) is 5.82 Å². The molecule has 1 aliphatic rings. The first kappa shape index (κ1) is 15.4. The molecule has 3 nitrogen and oxygen atoms in total. The lowest BCUT2D eigenvalue weighted by molar-refractivity contribution is 0.0681. The van der Waals surface area contributed by atoms with E-state index in [9.17, 15) is 9.18 Å². The molecule has 0 spiro atoms. The van der Waals surface area contributed by atoms with Crippen molar-refractivity contribution in [3.05, 3.63) is 34.1 Å². The lowest BCUT2D eigenvalue weighted by atomic mass is 9.90. The maximum Gasteiger partial charge on any atom is 0.256 e. The maximum absolute atomic E-state index is 13.9. The van der Waals surface area contributed by atoms with Gasteiger partial charge in [-0.05, 0) is 50.9 Å². The predicted molar refractivity (Wildman–Crippen MR) is 81.3 cm³/mol. The van der Waals surface area contributed by atoms with Gasteiger partial charge < -0.3 is 10.2 Å². The molecule has 0 bridgehead atoms. The van der Waals surface area contributed by atoms with Crippen LogP contribution in [-0.2, 0) is 0 Å². The number of carbonyl (C=O) groups is 1. The van der Waals surface area contributed by atoms with Gasteiger partial charge in [0.2, 0.25) is 0 Å². The Balaban J connectivity index is 2.05. The number of rotatable bonds is 3. The second-order valence-electron chi connectivity index (χ2n) is 5.33. The van der Waals surface area contributed by atoms with Gasteiger partial charge in [-0.2, -0.15) is 0 Å². The van der Waals surface area contributed by atoms with Crippen LogP contribution in [0.1, 0.15) is 36.0 Å². The van der Waals surface area contributed by atoms with Gasteiger partial charge in [-0.15, -0.1) is 0 Å². The first-order chi connectivity index (χ1) is 9.52. The van der Waals surface area contributed by atoms with E-state index < -0.39 is 5.82 Å². The van der Waals surface area contributed by atoms with E-state index in [-0.39, 0.29) is 17.5 Å². The van der Waals surface area contributed by atoms with Gasteiger partial charge in [0.05, 0.1) is 5.56 Å². The molecule has 1 aliphatic carbocycles. The molecular weight excluding hydrogens is 323 g/mol. The highest BCUT2D eigenvalue weighted by molar-refractivity contribution is 9.10. The summed E-state index contributed by atoms with van der Waals surface area (Å²) in [5.74, 6) is -0.706. The third-order valence-corrected chi connectivity index (χ3v) is 4.63. The minimum atomic E-state index is -0.472. The van der Waals surface area contributed by atoms with Crippen molar-refractivity contribution in [3.8, 4) is 0 Å². The molecule has 0 saturated heterocycles. The fourth-order valence-electron chi connectivity index (χ4n) is 2.77. The zero-order valence-electron chi connectivity index (χ0n) is 11.8. The second kappa shape index (κ2) is 6.68. The van der Waals surface area contributed by atoms with Gasteiger partial charge in [0.15, 0.2) is 0 Å². The summed E-state index contributed by atoms with van der Waals surface area (Å²) < 4.78 is 14.5. The molecule has 1 aromatic carbocycles. The van der Waals surface area contributed by atoms with E-state index in [2.05, 4.69) is 21.2 Å². The lowest BCUT2D eigenvalue weighted by Gasteiger charge is -2.34. The van der Waals surface area contributed by atoms with Crippen LogP contribution in [0.5, 0.6) is 0 Å². The van der Waals surface area contributed by atoms with Crippen molar-refractivity contribution in [2.45, 2.75) is 37.8 Å². The van der Waals surface area contributed by atoms with Crippen molar-refractivity contribution in [2.24, 2.45) is 0 Å². The normalized spacial score (nSPS) is 22.6. The van der Waals surface area contributed by atoms with Crippen LogP contribution in [0.15, 0.2) is 22.7 Å². The van der Waals surface area contributed by atoms with Crippen molar-refractivity contribution in [3.63, 3.8) is 0 Å². The fourth-order valence-corrected chi connectivity index (χ4v) is 3.10. The minimum Gasteiger partial charge on any atom is -0.339 e. The number of nitrogens with one attached hydrogen (secondary N) is 1. The molecule has 0 aliphatic heterocycles. The molecule has 0 atom stereocenters. The number of nitrogens with zero attached hydrogens (tertiary/aromatic N) is 1. The standard InChI is InChI=1S/C15H20BrFN2O/c1-18-11-4-6-12(7-5-11)19(2)15(20)13-8-3-10(16)9-14(13)17/h3,8-9,11-12,18H,4-7H2,1-2H3. The Kier molecular flexibility index (Phi) is 5.16. The molecule has 1 fully saturated rings. The summed E-state index contributed by atoms with van der Waals surface area (Å²) >= 11 is 3.20. The molecule has 1 aromatic rings. The molecule has 5 heteroatoms. The number of benzene rings is 1. The predicted octanol–water partition coefficient (Wildman–Crippen LogP) is 3.19. The van der Waals surface area contributed by atoms with Crippen molar-refractivity contribution >= 4 is 21.8 Å². The van der Waals surface area contributed by atoms with Gasteiger partial charge in [0.25, 0.3) is 5.91 Å². The molecular formula is C15H20BrFN2O. The van der Waals surface area contributed by atoms with E-state index >= 15 is 0 Å². The Labute approximate surface area is 127 Å². The van der Waals surface area contributed by atoms with Gasteiger partial charge in [-0.3, -0.25) is 4.79 Å². The molecule has 1 saturated carbocycles. The van der Waals surface area contributed by atoms with Crippen LogP contribution in [0.2, 0.25) is 0 Å². The average molecular weight is 343 g/mol. The molecule has 2 rings (SSSR count). The van der Waals surface area contributed by atoms with Crippen molar-refractivity contribution in [1.29, 1.82) is 0 Å². The summed E-state index contributed by atoms with van der Waals surface area (Å²) in [4.78, 5) is 14.1. The van der Waals surface area contributed by atoms with E-state index in [1.165, 1.54) is 12.1 Å². The first-order valence-electron chi connectivity index (χ1n) is 6.92. The molecule has 20 heavy (non-hydrogen) atoms. The Bertz CT molecular complexity index is 487. The van der Waals surface area contributed by atoms with Crippen LogP contribution >= 0.6 is 15.9 Å². The van der Waals surface area contributed by atoms with E-state index in [1.54, 1.807) is 18.0 Å². The van der Waals surface area contributed by atoms with Crippen LogP contribution in [0, 0.1) is 5.82 Å². The zero-order chi connectivity index (χ0) is 14.7. The third-order valence-electron chi connectivity index (χ3n) is 4.13. The molecule has 1 amide bonds. The van der Waals surface area contributed by atoms with Gasteiger partial charge in [0, 0.05) is 23.6 Å². The van der Waals surface area contributed by atoms with E-state index in [4.69, 9.17) is 0 Å². The van der Waals surface area contributed by atoms with Gasteiger partial charge in [-0.1, -0.05) is 15.9 Å². The summed E-state index contributed by atoms with van der Waals surface area (Å²) in [6.07, 6.45) is 4.04. The highest BCUT2D eigenvalue weighted by atomic mass is 79.9. The minimum absolute atomic E-state index is 0.145. The van der Waals surface area contributed by atoms with E-state index in [1.807, 2.05) is 7.05 Å². The SMILES string of the molecule is CNC1CCC(N(C)C(=O)c2ccc(Br)cc2F)CC1. The van der Waals surface area contributed by atoms with Crippen molar-refractivity contribution in [1.82, 2.24) is 10.2 Å². The molecule has 0 aromatic heterocycles. The van der Waals surface area contributed by atoms with Crippen LogP contribution in [0.3, 0.4) is 0 Å². The molecule has 1 N–H and O–H groups in total. The number of hydrogen-bond acceptors (Lipinski definition) is 2. The molecule has 0 radical (unpaired) electrons. The van der Waals surface area contributed by atoms with Crippen LogP contribution in [-0.4, -0.2) is 37.0 Å². The number of carbonyl (C=O) groups excluding carboxylic acids is 1. The number of hydrogen-bond donors (Lipinski definition) is 1. The number of halogens is 2. The largest absolute Gasteiger partial charge is 0.339 e. The summed E-state index contributed by atoms with van der Waals surface area (Å²) in [6, 6.07) is 5.31. The first-order valence-corrected chi connectivity index (χ1v) is 7.71. The van der Waals surface area contributed by atoms with Crippen LogP contribution < -0.4 is 5.32 Å². The molecule has 0 unspecified atom stereocenters. The van der Waals surface area contributed by atoms with E-state index in [0.29, 0.717) is 10.5 Å². The van der Waals surface area contributed by atoms with Crippen LogP contribution in [0.4, 0.5) is 4.39 Å². The average Bonchev–Trinajstić information content (AvgIpc) is 2.46. The van der Waals surface area contributed by atoms with Gasteiger partial charge in [-0.25, -0.2) is 4.39 Å². The Morgan fingerprint density at radius 1 is 1.35 bits per heavy atom. The van der Waals surface area contributed by atoms with Crippen molar-refractivity contribution < 1.29 is 9.18 Å². The summed E-state index contributed by atoms with van der Waals surface area (Å²) in [7, 11) is 3.74. The maximum atomic E-state index is 13.9. The fraction of sp³-hybridized carbons (Fsp3) is 0.533.